The normalized spacial score (nSPS) is 18.1. The minimum absolute atomic E-state index is 0.129. The molecule has 1 fully saturated rings. The van der Waals surface area contributed by atoms with Gasteiger partial charge >= 0.3 is 6.01 Å². The van der Waals surface area contributed by atoms with Gasteiger partial charge in [-0.15, -0.1) is 5.10 Å². The van der Waals surface area contributed by atoms with Crippen molar-refractivity contribution in [2.75, 3.05) is 11.9 Å². The van der Waals surface area contributed by atoms with Crippen molar-refractivity contribution < 1.29 is 4.42 Å². The van der Waals surface area contributed by atoms with Crippen molar-refractivity contribution in [1.29, 1.82) is 0 Å². The Kier molecular flexibility index (Phi) is 3.77. The van der Waals surface area contributed by atoms with Crippen molar-refractivity contribution in [2.24, 2.45) is 0 Å². The van der Waals surface area contributed by atoms with Crippen LogP contribution in [0.1, 0.15) is 51.5 Å². The molecule has 0 aromatic carbocycles. The lowest BCUT2D eigenvalue weighted by Crippen LogP contribution is -2.27. The maximum absolute atomic E-state index is 5.55. The first-order valence-electron chi connectivity index (χ1n) is 6.13. The molecule has 0 aliphatic heterocycles. The summed E-state index contributed by atoms with van der Waals surface area (Å²) in [6.07, 6.45) is 4.82. The molecule has 16 heavy (non-hydrogen) atoms. The number of rotatable bonds is 6. The van der Waals surface area contributed by atoms with Gasteiger partial charge in [0.1, 0.15) is 0 Å². The summed E-state index contributed by atoms with van der Waals surface area (Å²) in [6.45, 7) is 5.14. The van der Waals surface area contributed by atoms with E-state index in [1.165, 1.54) is 19.3 Å². The molecule has 0 bridgehead atoms. The Bertz CT molecular complexity index is 322. The van der Waals surface area contributed by atoms with Crippen LogP contribution in [0.15, 0.2) is 4.42 Å². The Morgan fingerprint density at radius 1 is 1.44 bits per heavy atom. The van der Waals surface area contributed by atoms with E-state index in [-0.39, 0.29) is 6.04 Å². The zero-order chi connectivity index (χ0) is 11.4. The molecule has 1 saturated carbocycles. The summed E-state index contributed by atoms with van der Waals surface area (Å²) in [5.74, 6) is 0.662. The van der Waals surface area contributed by atoms with Crippen molar-refractivity contribution in [3.8, 4) is 0 Å². The highest BCUT2D eigenvalue weighted by molar-refractivity contribution is 5.21. The Labute approximate surface area is 96.0 Å². The third-order valence-corrected chi connectivity index (χ3v) is 2.94. The molecule has 1 aromatic heterocycles. The second kappa shape index (κ2) is 5.30. The van der Waals surface area contributed by atoms with Gasteiger partial charge in [-0.05, 0) is 39.2 Å². The highest BCUT2D eigenvalue weighted by atomic mass is 16.4. The summed E-state index contributed by atoms with van der Waals surface area (Å²) < 4.78 is 5.55. The van der Waals surface area contributed by atoms with Gasteiger partial charge in [0.15, 0.2) is 0 Å². The molecule has 1 aromatic rings. The molecular formula is C11H20N4O. The average molecular weight is 224 g/mol. The maximum atomic E-state index is 5.55. The first-order chi connectivity index (χ1) is 7.79. The number of anilines is 1. The molecular weight excluding hydrogens is 204 g/mol. The van der Waals surface area contributed by atoms with Gasteiger partial charge in [-0.3, -0.25) is 0 Å². The zero-order valence-corrected chi connectivity index (χ0v) is 9.99. The van der Waals surface area contributed by atoms with E-state index < -0.39 is 0 Å². The predicted molar refractivity (Wildman–Crippen MR) is 62.3 cm³/mol. The van der Waals surface area contributed by atoms with E-state index in [0.717, 1.165) is 13.0 Å². The lowest BCUT2D eigenvalue weighted by Gasteiger charge is -2.24. The molecule has 2 rings (SSSR count). The molecule has 0 spiro atoms. The fourth-order valence-electron chi connectivity index (χ4n) is 1.64. The van der Waals surface area contributed by atoms with Gasteiger partial charge in [-0.1, -0.05) is 12.0 Å². The third-order valence-electron chi connectivity index (χ3n) is 2.94. The number of hydrogen-bond donors (Lipinski definition) is 2. The second-order valence-electron chi connectivity index (χ2n) is 4.39. The first-order valence-corrected chi connectivity index (χ1v) is 6.13. The van der Waals surface area contributed by atoms with Crippen LogP contribution in [0, 0.1) is 0 Å². The Morgan fingerprint density at radius 3 is 2.88 bits per heavy atom. The molecule has 1 unspecified atom stereocenters. The molecule has 1 aliphatic rings. The van der Waals surface area contributed by atoms with Crippen LogP contribution >= 0.6 is 0 Å². The summed E-state index contributed by atoms with van der Waals surface area (Å²) in [4.78, 5) is 0. The molecule has 2 N–H and O–H groups in total. The summed E-state index contributed by atoms with van der Waals surface area (Å²) >= 11 is 0. The molecule has 5 heteroatoms. The van der Waals surface area contributed by atoms with Crippen molar-refractivity contribution in [3.63, 3.8) is 0 Å². The van der Waals surface area contributed by atoms with Crippen LogP contribution in [-0.4, -0.2) is 22.8 Å². The van der Waals surface area contributed by atoms with Crippen molar-refractivity contribution in [3.05, 3.63) is 5.89 Å². The largest absolute Gasteiger partial charge is 0.406 e. The van der Waals surface area contributed by atoms with Crippen LogP contribution in [0.3, 0.4) is 0 Å². The summed E-state index contributed by atoms with van der Waals surface area (Å²) in [5.41, 5.74) is 0. The van der Waals surface area contributed by atoms with E-state index in [2.05, 4.69) is 27.8 Å². The van der Waals surface area contributed by atoms with Gasteiger partial charge in [0, 0.05) is 6.04 Å². The Morgan fingerprint density at radius 2 is 2.25 bits per heavy atom. The molecule has 90 valence electrons. The van der Waals surface area contributed by atoms with Crippen LogP contribution in [-0.2, 0) is 0 Å². The molecule has 0 amide bonds. The third kappa shape index (κ3) is 2.72. The SMILES string of the molecule is CCCNC(C)c1nnc(NC2CCC2)o1. The maximum Gasteiger partial charge on any atom is 0.315 e. The lowest BCUT2D eigenvalue weighted by molar-refractivity contribution is 0.401. The van der Waals surface area contributed by atoms with E-state index >= 15 is 0 Å². The fourth-order valence-corrected chi connectivity index (χ4v) is 1.64. The highest BCUT2D eigenvalue weighted by Gasteiger charge is 2.20. The quantitative estimate of drug-likeness (QED) is 0.774. The van der Waals surface area contributed by atoms with E-state index in [0.29, 0.717) is 17.9 Å². The van der Waals surface area contributed by atoms with Gasteiger partial charge in [0.2, 0.25) is 5.89 Å². The molecule has 0 saturated heterocycles. The lowest BCUT2D eigenvalue weighted by atomic mass is 9.93. The molecule has 1 atom stereocenters. The van der Waals surface area contributed by atoms with Crippen molar-refractivity contribution in [1.82, 2.24) is 15.5 Å². The predicted octanol–water partition coefficient (Wildman–Crippen LogP) is 2.09. The summed E-state index contributed by atoms with van der Waals surface area (Å²) in [5, 5.41) is 14.6. The van der Waals surface area contributed by atoms with Gasteiger partial charge in [-0.25, -0.2) is 0 Å². The average Bonchev–Trinajstić information content (AvgIpc) is 2.68. The molecule has 0 radical (unpaired) electrons. The van der Waals surface area contributed by atoms with Crippen molar-refractivity contribution >= 4 is 6.01 Å². The van der Waals surface area contributed by atoms with Crippen LogP contribution in [0.25, 0.3) is 0 Å². The minimum atomic E-state index is 0.129. The molecule has 1 heterocycles. The van der Waals surface area contributed by atoms with Crippen LogP contribution in [0.4, 0.5) is 6.01 Å². The summed E-state index contributed by atoms with van der Waals surface area (Å²) in [6, 6.07) is 1.22. The minimum Gasteiger partial charge on any atom is -0.406 e. The monoisotopic (exact) mass is 224 g/mol. The standard InChI is InChI=1S/C11H20N4O/c1-3-7-12-8(2)10-14-15-11(16-10)13-9-5-4-6-9/h8-9,12H,3-7H2,1-2H3,(H,13,15). The number of nitrogens with one attached hydrogen (secondary N) is 2. The molecule has 5 nitrogen and oxygen atoms in total. The van der Waals surface area contributed by atoms with E-state index in [1.54, 1.807) is 0 Å². The first kappa shape index (κ1) is 11.4. The van der Waals surface area contributed by atoms with Crippen LogP contribution < -0.4 is 10.6 Å². The number of hydrogen-bond acceptors (Lipinski definition) is 5. The smallest absolute Gasteiger partial charge is 0.315 e. The highest BCUT2D eigenvalue weighted by Crippen LogP contribution is 2.23. The number of aromatic nitrogens is 2. The second-order valence-corrected chi connectivity index (χ2v) is 4.39. The van der Waals surface area contributed by atoms with E-state index in [9.17, 15) is 0 Å². The Hall–Kier alpha value is -1.10. The van der Waals surface area contributed by atoms with Crippen LogP contribution in [0.5, 0.6) is 0 Å². The summed E-state index contributed by atoms with van der Waals surface area (Å²) in [7, 11) is 0. The molecule has 1 aliphatic carbocycles. The van der Waals surface area contributed by atoms with Gasteiger partial charge < -0.3 is 15.1 Å². The Balaban J connectivity index is 1.85. The van der Waals surface area contributed by atoms with Gasteiger partial charge in [-0.2, -0.15) is 0 Å². The number of nitrogens with zero attached hydrogens (tertiary/aromatic N) is 2. The zero-order valence-electron chi connectivity index (χ0n) is 9.99. The van der Waals surface area contributed by atoms with E-state index in [1.807, 2.05) is 6.92 Å². The van der Waals surface area contributed by atoms with Crippen LogP contribution in [0.2, 0.25) is 0 Å². The van der Waals surface area contributed by atoms with Gasteiger partial charge in [0.25, 0.3) is 0 Å². The van der Waals surface area contributed by atoms with E-state index in [4.69, 9.17) is 4.42 Å². The van der Waals surface area contributed by atoms with Gasteiger partial charge in [0.05, 0.1) is 6.04 Å². The van der Waals surface area contributed by atoms with Crippen molar-refractivity contribution in [2.45, 2.75) is 51.6 Å². The topological polar surface area (TPSA) is 63.0 Å². The fraction of sp³-hybridized carbons (Fsp3) is 0.818.